The van der Waals surface area contributed by atoms with Crippen molar-refractivity contribution in [3.8, 4) is 11.1 Å². The molecule has 142 valence electrons. The maximum Gasteiger partial charge on any atom is 0.253 e. The standard InChI is InChI=1S/C19H24N4O.2ClH/c1-23(2)18-7-5-14(6-8-18)15-10-16(12-21-11-15)19(24)22-17-4-3-9-20-13-17;;/h5-8,10-12,17,20H,3-4,9,13H2,1-2H3,(H,22,24);2*1H/t17-;;/m0../s1. The van der Waals surface area contributed by atoms with E-state index < -0.39 is 0 Å². The quantitative estimate of drug-likeness (QED) is 0.833. The lowest BCUT2D eigenvalue weighted by molar-refractivity contribution is 0.0930. The maximum atomic E-state index is 12.5. The Bertz CT molecular complexity index is 701. The summed E-state index contributed by atoms with van der Waals surface area (Å²) < 4.78 is 0. The SMILES string of the molecule is CN(C)c1ccc(-c2cncc(C(=O)N[C@H]3CCCNC3)c2)cc1.Cl.Cl. The molecule has 1 atom stereocenters. The second-order valence-corrected chi connectivity index (χ2v) is 6.42. The normalized spacial score (nSPS) is 16.0. The first-order valence-electron chi connectivity index (χ1n) is 8.38. The number of carbonyl (C=O) groups is 1. The van der Waals surface area contributed by atoms with E-state index in [2.05, 4.69) is 44.8 Å². The summed E-state index contributed by atoms with van der Waals surface area (Å²) in [7, 11) is 4.03. The van der Waals surface area contributed by atoms with Gasteiger partial charge < -0.3 is 15.5 Å². The summed E-state index contributed by atoms with van der Waals surface area (Å²) in [5.41, 5.74) is 3.76. The number of nitrogens with one attached hydrogen (secondary N) is 2. The van der Waals surface area contributed by atoms with Gasteiger partial charge in [-0.25, -0.2) is 0 Å². The van der Waals surface area contributed by atoms with Crippen LogP contribution in [0, 0.1) is 0 Å². The molecule has 0 aliphatic carbocycles. The molecule has 7 heteroatoms. The molecule has 0 radical (unpaired) electrons. The lowest BCUT2D eigenvalue weighted by Crippen LogP contribution is -2.45. The first-order valence-corrected chi connectivity index (χ1v) is 8.38. The number of benzene rings is 1. The molecule has 1 aromatic heterocycles. The summed E-state index contributed by atoms with van der Waals surface area (Å²) in [6.45, 7) is 1.87. The highest BCUT2D eigenvalue weighted by Crippen LogP contribution is 2.22. The molecule has 1 aliphatic heterocycles. The monoisotopic (exact) mass is 396 g/mol. The third-order valence-electron chi connectivity index (χ3n) is 4.35. The Balaban J connectivity index is 0.00000169. The minimum Gasteiger partial charge on any atom is -0.378 e. The van der Waals surface area contributed by atoms with Crippen LogP contribution in [0.4, 0.5) is 5.69 Å². The van der Waals surface area contributed by atoms with Gasteiger partial charge in [0.15, 0.2) is 0 Å². The van der Waals surface area contributed by atoms with E-state index in [-0.39, 0.29) is 36.8 Å². The Labute approximate surface area is 167 Å². The van der Waals surface area contributed by atoms with Gasteiger partial charge in [-0.15, -0.1) is 24.8 Å². The van der Waals surface area contributed by atoms with E-state index in [0.717, 1.165) is 42.7 Å². The molecule has 0 spiro atoms. The Morgan fingerprint density at radius 2 is 1.88 bits per heavy atom. The maximum absolute atomic E-state index is 12.5. The van der Waals surface area contributed by atoms with E-state index in [4.69, 9.17) is 0 Å². The van der Waals surface area contributed by atoms with Gasteiger partial charge in [0.1, 0.15) is 0 Å². The number of carbonyl (C=O) groups excluding carboxylic acids is 1. The van der Waals surface area contributed by atoms with Crippen LogP contribution in [0.15, 0.2) is 42.7 Å². The van der Waals surface area contributed by atoms with Crippen LogP contribution in [0.25, 0.3) is 11.1 Å². The van der Waals surface area contributed by atoms with Gasteiger partial charge in [-0.1, -0.05) is 12.1 Å². The molecule has 0 bridgehead atoms. The summed E-state index contributed by atoms with van der Waals surface area (Å²) in [6.07, 6.45) is 5.55. The molecule has 1 saturated heterocycles. The molecule has 0 unspecified atom stereocenters. The molecular formula is C19H26Cl2N4O. The fourth-order valence-electron chi connectivity index (χ4n) is 2.92. The number of aromatic nitrogens is 1. The van der Waals surface area contributed by atoms with Crippen LogP contribution >= 0.6 is 24.8 Å². The summed E-state index contributed by atoms with van der Waals surface area (Å²) in [5, 5.41) is 6.40. The van der Waals surface area contributed by atoms with E-state index in [1.807, 2.05) is 20.2 Å². The number of anilines is 1. The lowest BCUT2D eigenvalue weighted by atomic mass is 10.0. The van der Waals surface area contributed by atoms with Gasteiger partial charge in [-0.3, -0.25) is 9.78 Å². The minimum absolute atomic E-state index is 0. The smallest absolute Gasteiger partial charge is 0.253 e. The van der Waals surface area contributed by atoms with Crippen LogP contribution in [0.2, 0.25) is 0 Å². The number of piperidine rings is 1. The third kappa shape index (κ3) is 5.59. The third-order valence-corrected chi connectivity index (χ3v) is 4.35. The van der Waals surface area contributed by atoms with Gasteiger partial charge >= 0.3 is 0 Å². The van der Waals surface area contributed by atoms with Crippen LogP contribution < -0.4 is 15.5 Å². The largest absolute Gasteiger partial charge is 0.378 e. The molecule has 3 rings (SSSR count). The van der Waals surface area contributed by atoms with Crippen LogP contribution in [-0.2, 0) is 0 Å². The molecule has 1 fully saturated rings. The zero-order valence-electron chi connectivity index (χ0n) is 15.1. The van der Waals surface area contributed by atoms with Crippen molar-refractivity contribution in [3.63, 3.8) is 0 Å². The Morgan fingerprint density at radius 3 is 2.50 bits per heavy atom. The fourth-order valence-corrected chi connectivity index (χ4v) is 2.92. The number of hydrogen-bond acceptors (Lipinski definition) is 4. The van der Waals surface area contributed by atoms with E-state index in [1.54, 1.807) is 12.4 Å². The number of halogens is 2. The summed E-state index contributed by atoms with van der Waals surface area (Å²) in [5.74, 6) is -0.0528. The molecular weight excluding hydrogens is 371 g/mol. The van der Waals surface area contributed by atoms with Crippen molar-refractivity contribution in [1.29, 1.82) is 0 Å². The van der Waals surface area contributed by atoms with Crippen LogP contribution in [-0.4, -0.2) is 44.1 Å². The number of amides is 1. The number of nitrogens with zero attached hydrogens (tertiary/aromatic N) is 2. The highest BCUT2D eigenvalue weighted by molar-refractivity contribution is 5.95. The highest BCUT2D eigenvalue weighted by Gasteiger charge is 2.16. The van der Waals surface area contributed by atoms with Gasteiger partial charge in [0.25, 0.3) is 5.91 Å². The first kappa shape index (κ1) is 22.2. The van der Waals surface area contributed by atoms with Gasteiger partial charge in [0, 0.05) is 50.3 Å². The van der Waals surface area contributed by atoms with Gasteiger partial charge in [0.05, 0.1) is 5.56 Å². The van der Waals surface area contributed by atoms with Crippen molar-refractivity contribution in [3.05, 3.63) is 48.3 Å². The summed E-state index contributed by atoms with van der Waals surface area (Å²) >= 11 is 0. The van der Waals surface area contributed by atoms with Crippen molar-refractivity contribution < 1.29 is 4.79 Å². The van der Waals surface area contributed by atoms with Crippen LogP contribution in [0.5, 0.6) is 0 Å². The molecule has 2 aromatic rings. The van der Waals surface area contributed by atoms with E-state index in [1.165, 1.54) is 0 Å². The average Bonchev–Trinajstić information content (AvgIpc) is 2.63. The Morgan fingerprint density at radius 1 is 1.15 bits per heavy atom. The second-order valence-electron chi connectivity index (χ2n) is 6.42. The summed E-state index contributed by atoms with van der Waals surface area (Å²) in [6, 6.07) is 10.3. The molecule has 26 heavy (non-hydrogen) atoms. The van der Waals surface area contributed by atoms with Crippen molar-refractivity contribution in [2.75, 3.05) is 32.1 Å². The summed E-state index contributed by atoms with van der Waals surface area (Å²) in [4.78, 5) is 18.8. The van der Waals surface area contributed by atoms with Gasteiger partial charge in [0.2, 0.25) is 0 Å². The Kier molecular flexibility index (Phi) is 8.85. The molecule has 5 nitrogen and oxygen atoms in total. The predicted molar refractivity (Wildman–Crippen MR) is 112 cm³/mol. The van der Waals surface area contributed by atoms with Crippen molar-refractivity contribution in [2.24, 2.45) is 0 Å². The van der Waals surface area contributed by atoms with Crippen molar-refractivity contribution in [1.82, 2.24) is 15.6 Å². The van der Waals surface area contributed by atoms with Crippen LogP contribution in [0.1, 0.15) is 23.2 Å². The topological polar surface area (TPSA) is 57.3 Å². The second kappa shape index (κ2) is 10.4. The van der Waals surface area contributed by atoms with E-state index in [9.17, 15) is 4.79 Å². The number of pyridine rings is 1. The van der Waals surface area contributed by atoms with E-state index >= 15 is 0 Å². The van der Waals surface area contributed by atoms with Crippen LogP contribution in [0.3, 0.4) is 0 Å². The zero-order valence-corrected chi connectivity index (χ0v) is 16.7. The molecule has 1 aliphatic rings. The molecule has 0 saturated carbocycles. The Hall–Kier alpha value is -1.82. The fraction of sp³-hybridized carbons (Fsp3) is 0.368. The van der Waals surface area contributed by atoms with E-state index in [0.29, 0.717) is 5.56 Å². The first-order chi connectivity index (χ1) is 11.6. The average molecular weight is 397 g/mol. The van der Waals surface area contributed by atoms with Crippen molar-refractivity contribution in [2.45, 2.75) is 18.9 Å². The minimum atomic E-state index is -0.0528. The highest BCUT2D eigenvalue weighted by atomic mass is 35.5. The lowest BCUT2D eigenvalue weighted by Gasteiger charge is -2.23. The van der Waals surface area contributed by atoms with Gasteiger partial charge in [-0.05, 0) is 43.1 Å². The predicted octanol–water partition coefficient (Wildman–Crippen LogP) is 3.14. The molecule has 1 aromatic carbocycles. The number of rotatable bonds is 4. The molecule has 2 N–H and O–H groups in total. The van der Waals surface area contributed by atoms with Crippen molar-refractivity contribution >= 4 is 36.4 Å². The van der Waals surface area contributed by atoms with Gasteiger partial charge in [-0.2, -0.15) is 0 Å². The number of hydrogen-bond donors (Lipinski definition) is 2. The zero-order chi connectivity index (χ0) is 16.9. The molecule has 1 amide bonds. The molecule has 2 heterocycles.